The molecule has 18 rings (SSSR count). The Labute approximate surface area is 844 Å². The van der Waals surface area contributed by atoms with Crippen LogP contribution in [0, 0.1) is 0 Å². The molecule has 18 aliphatic rings. The van der Waals surface area contributed by atoms with Gasteiger partial charge in [-0.1, -0.05) is 77.0 Å². The van der Waals surface area contributed by atoms with E-state index in [0.717, 1.165) is 265 Å². The van der Waals surface area contributed by atoms with Crippen molar-refractivity contribution in [1.29, 1.82) is 0 Å². The lowest BCUT2D eigenvalue weighted by molar-refractivity contribution is -0.126. The number of nitrogens with zero attached hydrogens (tertiary/aromatic N) is 12. The second kappa shape index (κ2) is 53.5. The molecule has 6 saturated carbocycles. The van der Waals surface area contributed by atoms with Crippen LogP contribution in [0.25, 0.3) is 0 Å². The highest BCUT2D eigenvalue weighted by Gasteiger charge is 2.43. The minimum atomic E-state index is -0.467. The average molecular weight is 2010 g/mol. The highest BCUT2D eigenvalue weighted by molar-refractivity contribution is 5.98. The van der Waals surface area contributed by atoms with Gasteiger partial charge in [0.1, 0.15) is 75.9 Å². The molecule has 24 atom stereocenters. The molecule has 42 heteroatoms. The van der Waals surface area contributed by atoms with Crippen LogP contribution in [0.15, 0.2) is 59.9 Å². The lowest BCUT2D eigenvalue weighted by Crippen LogP contribution is -2.56. The molecule has 12 N–H and O–H groups in total. The van der Waals surface area contributed by atoms with Crippen LogP contribution in [-0.4, -0.2) is 325 Å². The Morgan fingerprint density at radius 3 is 0.347 bits per heavy atom. The molecule has 144 heavy (non-hydrogen) atoms. The van der Waals surface area contributed by atoms with Gasteiger partial charge in [-0.3, -0.25) is 87.5 Å². The highest BCUT2D eigenvalue weighted by atomic mass is 16.5. The Bertz CT molecular complexity index is 3910. The monoisotopic (exact) mass is 2010 g/mol. The third-order valence-electron chi connectivity index (χ3n) is 29.8. The molecule has 42 nitrogen and oxygen atoms in total. The molecule has 0 unspecified atom stereocenters. The number of ether oxygens (including phenoxy) is 6. The first-order valence-corrected chi connectivity index (χ1v) is 53.0. The van der Waals surface area contributed by atoms with Gasteiger partial charge in [-0.05, 0) is 196 Å². The second-order valence-corrected chi connectivity index (χ2v) is 41.5. The van der Waals surface area contributed by atoms with Crippen LogP contribution in [0.2, 0.25) is 0 Å². The summed E-state index contributed by atoms with van der Waals surface area (Å²) < 4.78 is 31.5. The number of carbonyl (C=O) groups excluding carboxylic acids is 12. The maximum Gasteiger partial charge on any atom is 0.248 e. The number of hydrogen-bond acceptors (Lipinski definition) is 30. The summed E-state index contributed by atoms with van der Waals surface area (Å²) in [5.74, 6) is 2.51. The summed E-state index contributed by atoms with van der Waals surface area (Å²) in [6.45, 7) is 24.1. The number of rotatable bonds is 24. The number of carbonyl (C=O) groups is 12. The third kappa shape index (κ3) is 32.7. The SMILES string of the molecule is CC1=N[C@H](C(=O)N[C@@H]2CCCC[C@H]2NC(=O)[C@@H]2COC(C)=N2)CC1.CC1=N[C@H](C(=O)N[C@@H]2CCCC[C@H]2NC(=O)[C@@H]2COC(C)=N2)CC1.CC1=N[C@H](C(=O)N[C@@H]2CCCC[C@H]2NC(=O)[C@@H]2COC(C)=N2)CC1.CC1=N[C@H](C(=O)N[C@H]2CCCC[C@@H]2NC(=O)[C@@H]2COC(C)=N2)CC1.CC1=N[C@H](C(=O)N[C@H]2CCCC[C@@H]2NC(=O)[C@@H]2COC(C)=N2)CC1.CC1=N[C@H](C(=O)N[C@H]2CCCC[C@@H]2NC(=O)[C@@H]2COC(C)=N2)CC1. The number of aliphatic imine (C=N–C) groups is 12. The molecule has 6 fully saturated rings. The summed E-state index contributed by atoms with van der Waals surface area (Å²) in [4.78, 5) is 200. The second-order valence-electron chi connectivity index (χ2n) is 41.5. The fourth-order valence-corrected chi connectivity index (χ4v) is 21.6. The smallest absolute Gasteiger partial charge is 0.248 e. The molecule has 12 amide bonds. The van der Waals surface area contributed by atoms with Crippen LogP contribution in [0.5, 0.6) is 0 Å². The quantitative estimate of drug-likeness (QED) is 0.0541. The van der Waals surface area contributed by atoms with E-state index in [-0.39, 0.29) is 180 Å². The van der Waals surface area contributed by atoms with E-state index in [1.807, 2.05) is 41.5 Å². The van der Waals surface area contributed by atoms with Crippen LogP contribution in [0.1, 0.15) is 314 Å². The minimum absolute atomic E-state index is 0.0175. The fourth-order valence-electron chi connectivity index (χ4n) is 21.6. The molecule has 0 radical (unpaired) electrons. The standard InChI is InChI=1S/6C17H26N4O3/c6*1-10-7-8-14(18-10)16(22)20-12-5-3-4-6-13(12)21-17(23)15-9-24-11(2)19-15/h6*12-15H,3-9H2,1-2H3,(H,20,22)(H,21,23)/t3*12-,13-,14+,15+;3*12-,13-,14-,15-/m111000/s1. The highest BCUT2D eigenvalue weighted by Crippen LogP contribution is 2.30. The predicted octanol–water partition coefficient (Wildman–Crippen LogP) is 5.82. The van der Waals surface area contributed by atoms with Crippen LogP contribution < -0.4 is 63.8 Å². The molecule has 792 valence electrons. The molecule has 12 heterocycles. The summed E-state index contributed by atoms with van der Waals surface area (Å²) in [5.41, 5.74) is 6.24. The number of nitrogens with one attached hydrogen (secondary N) is 12. The Hall–Kier alpha value is -11.5. The van der Waals surface area contributed by atoms with Crippen molar-refractivity contribution in [2.45, 2.75) is 459 Å². The fraction of sp³-hybridized carbons (Fsp3) is 0.765. The van der Waals surface area contributed by atoms with Gasteiger partial charge in [0.2, 0.25) is 70.9 Å². The Morgan fingerprint density at radius 2 is 0.264 bits per heavy atom. The van der Waals surface area contributed by atoms with E-state index < -0.39 is 36.3 Å². The Balaban J connectivity index is 0.000000145. The zero-order valence-corrected chi connectivity index (χ0v) is 86.3. The van der Waals surface area contributed by atoms with Crippen molar-refractivity contribution < 1.29 is 86.0 Å². The van der Waals surface area contributed by atoms with Gasteiger partial charge in [-0.25, -0.2) is 30.0 Å². The zero-order valence-electron chi connectivity index (χ0n) is 86.3. The van der Waals surface area contributed by atoms with E-state index in [0.29, 0.717) is 75.0 Å². The molecular weight excluding hydrogens is 1850 g/mol. The third-order valence-corrected chi connectivity index (χ3v) is 29.8. The molecule has 0 aromatic carbocycles. The Kier molecular flexibility index (Phi) is 40.8. The van der Waals surface area contributed by atoms with Crippen molar-refractivity contribution >= 4 is 141 Å². The molecule has 6 aliphatic carbocycles. The van der Waals surface area contributed by atoms with Crippen LogP contribution in [-0.2, 0) is 86.0 Å². The van der Waals surface area contributed by atoms with Crippen molar-refractivity contribution in [3.8, 4) is 0 Å². The maximum atomic E-state index is 12.4. The summed E-state index contributed by atoms with van der Waals surface area (Å²) in [6, 6.07) is -4.83. The van der Waals surface area contributed by atoms with Gasteiger partial charge in [0.15, 0.2) is 71.6 Å². The summed E-state index contributed by atoms with van der Waals surface area (Å²) >= 11 is 0. The summed E-state index contributed by atoms with van der Waals surface area (Å²) in [7, 11) is 0. The molecule has 0 saturated heterocycles. The number of amides is 12. The van der Waals surface area contributed by atoms with E-state index in [2.05, 4.69) is 124 Å². The van der Waals surface area contributed by atoms with Crippen molar-refractivity contribution in [3.63, 3.8) is 0 Å². The molecule has 0 aromatic heterocycles. The Morgan fingerprint density at radius 1 is 0.160 bits per heavy atom. The van der Waals surface area contributed by atoms with Gasteiger partial charge < -0.3 is 92.2 Å². The van der Waals surface area contributed by atoms with Crippen molar-refractivity contribution in [3.05, 3.63) is 0 Å². The summed E-state index contributed by atoms with van der Waals surface area (Å²) in [6.07, 6.45) is 33.3. The van der Waals surface area contributed by atoms with E-state index in [1.54, 1.807) is 41.5 Å². The van der Waals surface area contributed by atoms with Gasteiger partial charge in [-0.15, -0.1) is 0 Å². The topological polar surface area (TPSA) is 553 Å². The van der Waals surface area contributed by atoms with Crippen LogP contribution >= 0.6 is 0 Å². The first-order chi connectivity index (χ1) is 69.1. The van der Waals surface area contributed by atoms with Crippen LogP contribution in [0.4, 0.5) is 0 Å². The van der Waals surface area contributed by atoms with Crippen molar-refractivity contribution in [1.82, 2.24) is 63.8 Å². The van der Waals surface area contributed by atoms with Gasteiger partial charge in [0.25, 0.3) is 0 Å². The normalized spacial score (nSPS) is 32.6. The summed E-state index contributed by atoms with van der Waals surface area (Å²) in [5, 5.41) is 37.0. The first kappa shape index (κ1) is 110. The van der Waals surface area contributed by atoms with E-state index >= 15 is 0 Å². The van der Waals surface area contributed by atoms with Gasteiger partial charge >= 0.3 is 0 Å². The molecule has 0 bridgehead atoms. The van der Waals surface area contributed by atoms with Crippen molar-refractivity contribution in [2.24, 2.45) is 59.9 Å². The molecule has 0 spiro atoms. The van der Waals surface area contributed by atoms with E-state index in [9.17, 15) is 57.5 Å². The van der Waals surface area contributed by atoms with Gasteiger partial charge in [-0.2, -0.15) is 0 Å². The van der Waals surface area contributed by atoms with E-state index in [4.69, 9.17) is 28.4 Å². The molecule has 12 aliphatic heterocycles. The lowest BCUT2D eigenvalue weighted by Gasteiger charge is -2.33. The zero-order chi connectivity index (χ0) is 103. The van der Waals surface area contributed by atoms with Gasteiger partial charge in [0.05, 0.1) is 0 Å². The molecular formula is C102H156N24O18. The largest absolute Gasteiger partial charge is 0.478 e. The van der Waals surface area contributed by atoms with Crippen molar-refractivity contribution in [2.75, 3.05) is 39.6 Å². The van der Waals surface area contributed by atoms with Crippen LogP contribution in [0.3, 0.4) is 0 Å². The lowest BCUT2D eigenvalue weighted by atomic mass is 9.89. The van der Waals surface area contributed by atoms with Gasteiger partial charge in [0, 0.05) is 148 Å². The predicted molar refractivity (Wildman–Crippen MR) is 548 cm³/mol. The minimum Gasteiger partial charge on any atom is -0.478 e. The molecule has 0 aromatic rings. The first-order valence-electron chi connectivity index (χ1n) is 53.0. The maximum absolute atomic E-state index is 12.4. The van der Waals surface area contributed by atoms with E-state index in [1.165, 1.54) is 0 Å². The average Bonchev–Trinajstić information content (AvgIpc) is 1.63. The number of hydrogen-bond donors (Lipinski definition) is 12.